The third-order valence-corrected chi connectivity index (χ3v) is 3.66. The van der Waals surface area contributed by atoms with Crippen LogP contribution in [0.2, 0.25) is 0 Å². The van der Waals surface area contributed by atoms with Crippen molar-refractivity contribution in [3.63, 3.8) is 0 Å². The van der Waals surface area contributed by atoms with Gasteiger partial charge < -0.3 is 16.0 Å². The normalized spacial score (nSPS) is 16.7. The molecule has 1 unspecified atom stereocenters. The first-order valence-electron chi connectivity index (χ1n) is 6.67. The van der Waals surface area contributed by atoms with Crippen molar-refractivity contribution in [2.45, 2.75) is 38.3 Å². The van der Waals surface area contributed by atoms with Gasteiger partial charge in [0.2, 0.25) is 5.91 Å². The standard InChI is InChI=1S/C15H23N3O/c1-15(2,16)9-12(17-3)10-5-6-13-11(7-10)8-14(19)18(13)4/h5-7,12,17H,8-9,16H2,1-4H3. The van der Waals surface area contributed by atoms with Gasteiger partial charge in [0.05, 0.1) is 6.42 Å². The molecule has 1 atom stereocenters. The van der Waals surface area contributed by atoms with Crippen LogP contribution in [0.5, 0.6) is 0 Å². The first-order chi connectivity index (χ1) is 8.81. The Labute approximate surface area is 115 Å². The third-order valence-electron chi connectivity index (χ3n) is 3.66. The molecule has 1 aliphatic heterocycles. The zero-order chi connectivity index (χ0) is 14.2. The quantitative estimate of drug-likeness (QED) is 0.865. The summed E-state index contributed by atoms with van der Waals surface area (Å²) in [6.07, 6.45) is 1.36. The van der Waals surface area contributed by atoms with E-state index in [2.05, 4.69) is 17.4 Å². The van der Waals surface area contributed by atoms with Crippen molar-refractivity contribution in [2.75, 3.05) is 19.0 Å². The van der Waals surface area contributed by atoms with Gasteiger partial charge in [-0.3, -0.25) is 4.79 Å². The molecule has 0 fully saturated rings. The Kier molecular flexibility index (Phi) is 3.65. The molecule has 1 aromatic carbocycles. The number of hydrogen-bond acceptors (Lipinski definition) is 3. The van der Waals surface area contributed by atoms with Crippen molar-refractivity contribution in [1.29, 1.82) is 0 Å². The first kappa shape index (κ1) is 14.0. The number of nitrogens with two attached hydrogens (primary N) is 1. The fourth-order valence-corrected chi connectivity index (χ4v) is 2.62. The molecule has 1 aromatic rings. The molecule has 0 spiro atoms. The second-order valence-corrected chi connectivity index (χ2v) is 6.05. The second-order valence-electron chi connectivity index (χ2n) is 6.05. The van der Waals surface area contributed by atoms with Crippen LogP contribution < -0.4 is 16.0 Å². The molecule has 0 aromatic heterocycles. The monoisotopic (exact) mass is 261 g/mol. The number of carbonyl (C=O) groups excluding carboxylic acids is 1. The molecular formula is C15H23N3O. The molecule has 19 heavy (non-hydrogen) atoms. The summed E-state index contributed by atoms with van der Waals surface area (Å²) >= 11 is 0. The van der Waals surface area contributed by atoms with E-state index in [-0.39, 0.29) is 17.5 Å². The van der Waals surface area contributed by atoms with Gasteiger partial charge in [-0.25, -0.2) is 0 Å². The molecule has 2 rings (SSSR count). The number of nitrogens with zero attached hydrogens (tertiary/aromatic N) is 1. The van der Waals surface area contributed by atoms with Gasteiger partial charge in [-0.05, 0) is 44.5 Å². The van der Waals surface area contributed by atoms with Crippen LogP contribution in [-0.4, -0.2) is 25.5 Å². The van der Waals surface area contributed by atoms with Gasteiger partial charge in [0.15, 0.2) is 0 Å². The predicted octanol–water partition coefficient (Wildman–Crippen LogP) is 1.59. The predicted molar refractivity (Wildman–Crippen MR) is 78.2 cm³/mol. The minimum Gasteiger partial charge on any atom is -0.325 e. The molecule has 1 heterocycles. The van der Waals surface area contributed by atoms with Gasteiger partial charge in [-0.15, -0.1) is 0 Å². The minimum absolute atomic E-state index is 0.160. The van der Waals surface area contributed by atoms with E-state index in [1.807, 2.05) is 34.0 Å². The molecular weight excluding hydrogens is 238 g/mol. The molecule has 0 bridgehead atoms. The van der Waals surface area contributed by atoms with E-state index < -0.39 is 0 Å². The molecule has 3 N–H and O–H groups in total. The lowest BCUT2D eigenvalue weighted by Crippen LogP contribution is -2.36. The van der Waals surface area contributed by atoms with Gasteiger partial charge in [-0.2, -0.15) is 0 Å². The summed E-state index contributed by atoms with van der Waals surface area (Å²) in [5.74, 6) is 0.160. The largest absolute Gasteiger partial charge is 0.325 e. The van der Waals surface area contributed by atoms with E-state index in [0.717, 1.165) is 17.7 Å². The molecule has 0 aliphatic carbocycles. The summed E-state index contributed by atoms with van der Waals surface area (Å²) in [7, 11) is 3.77. The van der Waals surface area contributed by atoms with E-state index in [1.54, 1.807) is 4.90 Å². The summed E-state index contributed by atoms with van der Waals surface area (Å²) in [6, 6.07) is 6.46. The Hall–Kier alpha value is -1.39. The maximum atomic E-state index is 11.7. The second kappa shape index (κ2) is 4.94. The molecule has 0 radical (unpaired) electrons. The van der Waals surface area contributed by atoms with Crippen LogP contribution in [0.3, 0.4) is 0 Å². The fraction of sp³-hybridized carbons (Fsp3) is 0.533. The van der Waals surface area contributed by atoms with E-state index in [1.165, 1.54) is 5.56 Å². The fourth-order valence-electron chi connectivity index (χ4n) is 2.62. The summed E-state index contributed by atoms with van der Waals surface area (Å²) < 4.78 is 0. The number of rotatable bonds is 4. The molecule has 1 amide bonds. The summed E-state index contributed by atoms with van der Waals surface area (Å²) in [6.45, 7) is 4.06. The average Bonchev–Trinajstić information content (AvgIpc) is 2.60. The van der Waals surface area contributed by atoms with Crippen LogP contribution in [-0.2, 0) is 11.2 Å². The Morgan fingerprint density at radius 3 is 2.74 bits per heavy atom. The van der Waals surface area contributed by atoms with Crippen molar-refractivity contribution in [3.05, 3.63) is 29.3 Å². The van der Waals surface area contributed by atoms with Crippen molar-refractivity contribution >= 4 is 11.6 Å². The molecule has 4 nitrogen and oxygen atoms in total. The highest BCUT2D eigenvalue weighted by molar-refractivity contribution is 6.00. The van der Waals surface area contributed by atoms with Crippen molar-refractivity contribution < 1.29 is 4.79 Å². The Morgan fingerprint density at radius 1 is 1.47 bits per heavy atom. The summed E-state index contributed by atoms with van der Waals surface area (Å²) in [5.41, 5.74) is 9.21. The van der Waals surface area contributed by atoms with Gasteiger partial charge in [0, 0.05) is 24.3 Å². The van der Waals surface area contributed by atoms with Crippen LogP contribution in [0.4, 0.5) is 5.69 Å². The number of amides is 1. The third kappa shape index (κ3) is 2.96. The maximum absolute atomic E-state index is 11.7. The number of benzene rings is 1. The molecule has 104 valence electrons. The Balaban J connectivity index is 2.27. The zero-order valence-electron chi connectivity index (χ0n) is 12.2. The summed E-state index contributed by atoms with van der Waals surface area (Å²) in [4.78, 5) is 13.4. The molecule has 4 heteroatoms. The molecule has 0 saturated heterocycles. The number of nitrogens with one attached hydrogen (secondary N) is 1. The van der Waals surface area contributed by atoms with E-state index in [4.69, 9.17) is 5.73 Å². The number of carbonyl (C=O) groups is 1. The maximum Gasteiger partial charge on any atom is 0.231 e. The Bertz CT molecular complexity index is 491. The minimum atomic E-state index is -0.223. The van der Waals surface area contributed by atoms with Crippen molar-refractivity contribution in [1.82, 2.24) is 5.32 Å². The SMILES string of the molecule is CNC(CC(C)(C)N)c1ccc2c(c1)CC(=O)N2C. The summed E-state index contributed by atoms with van der Waals surface area (Å²) in [5, 5.41) is 3.31. The van der Waals surface area contributed by atoms with Crippen molar-refractivity contribution in [3.8, 4) is 0 Å². The number of likely N-dealkylation sites (N-methyl/N-ethyl adjacent to an activating group) is 1. The topological polar surface area (TPSA) is 58.4 Å². The van der Waals surface area contributed by atoms with Gasteiger partial charge in [0.1, 0.15) is 0 Å². The van der Waals surface area contributed by atoms with Crippen LogP contribution in [0.15, 0.2) is 18.2 Å². The van der Waals surface area contributed by atoms with E-state index >= 15 is 0 Å². The van der Waals surface area contributed by atoms with Crippen molar-refractivity contribution in [2.24, 2.45) is 5.73 Å². The zero-order valence-corrected chi connectivity index (χ0v) is 12.2. The van der Waals surface area contributed by atoms with Gasteiger partial charge in [-0.1, -0.05) is 12.1 Å². The smallest absolute Gasteiger partial charge is 0.231 e. The van der Waals surface area contributed by atoms with Crippen LogP contribution in [0.25, 0.3) is 0 Å². The van der Waals surface area contributed by atoms with Crippen LogP contribution in [0.1, 0.15) is 37.4 Å². The van der Waals surface area contributed by atoms with E-state index in [0.29, 0.717) is 6.42 Å². The average molecular weight is 261 g/mol. The highest BCUT2D eigenvalue weighted by Crippen LogP contribution is 2.31. The van der Waals surface area contributed by atoms with Crippen LogP contribution in [0, 0.1) is 0 Å². The number of hydrogen-bond donors (Lipinski definition) is 2. The lowest BCUT2D eigenvalue weighted by molar-refractivity contribution is -0.117. The first-order valence-corrected chi connectivity index (χ1v) is 6.67. The molecule has 1 aliphatic rings. The highest BCUT2D eigenvalue weighted by Gasteiger charge is 2.26. The van der Waals surface area contributed by atoms with Crippen LogP contribution >= 0.6 is 0 Å². The highest BCUT2D eigenvalue weighted by atomic mass is 16.2. The number of anilines is 1. The number of fused-ring (bicyclic) bond motifs is 1. The van der Waals surface area contributed by atoms with Gasteiger partial charge in [0.25, 0.3) is 0 Å². The lowest BCUT2D eigenvalue weighted by Gasteiger charge is -2.26. The Morgan fingerprint density at radius 2 is 2.16 bits per heavy atom. The van der Waals surface area contributed by atoms with Gasteiger partial charge >= 0.3 is 0 Å². The molecule has 0 saturated carbocycles. The lowest BCUT2D eigenvalue weighted by atomic mass is 9.91. The van der Waals surface area contributed by atoms with E-state index in [9.17, 15) is 4.79 Å².